The third-order valence-corrected chi connectivity index (χ3v) is 6.56. The fourth-order valence-corrected chi connectivity index (χ4v) is 4.52. The second-order valence-electron chi connectivity index (χ2n) is 7.89. The van der Waals surface area contributed by atoms with Crippen LogP contribution in [0.25, 0.3) is 0 Å². The molecule has 0 atom stereocenters. The van der Waals surface area contributed by atoms with Crippen molar-refractivity contribution in [3.05, 3.63) is 45.9 Å². The number of carbonyl (C=O) groups excluding carboxylic acids is 1. The van der Waals surface area contributed by atoms with Crippen LogP contribution in [-0.2, 0) is 0 Å². The molecule has 2 heterocycles. The smallest absolute Gasteiger partial charge is 0.324 e. The molecule has 7 heteroatoms. The number of nitrogens with one attached hydrogen (secondary N) is 1. The highest BCUT2D eigenvalue weighted by Crippen LogP contribution is 2.57. The topological polar surface area (TPSA) is 58.4 Å². The number of likely N-dealkylation sites (tertiary alicyclic amines) is 1. The van der Waals surface area contributed by atoms with Crippen LogP contribution in [0, 0.1) is 25.1 Å². The summed E-state index contributed by atoms with van der Waals surface area (Å²) in [6, 6.07) is 5.08. The van der Waals surface area contributed by atoms with Gasteiger partial charge < -0.3 is 9.42 Å². The number of aryl methyl sites for hydroxylation is 1. The van der Waals surface area contributed by atoms with Gasteiger partial charge in [-0.2, -0.15) is 0 Å². The Bertz CT molecular complexity index is 866. The number of piperidine rings is 1. The van der Waals surface area contributed by atoms with E-state index >= 15 is 0 Å². The second kappa shape index (κ2) is 6.82. The standard InChI is InChI=1S/C20H23ClFN3O2/c1-12-13(2)24-27-18(12)23-19(26)25-8-6-20(7-9-25)10-14(11-20)15-4-3-5-16(21)17(15)22/h3-5,14H,6-11H2,1-2H3,(H,23,26). The van der Waals surface area contributed by atoms with E-state index < -0.39 is 0 Å². The molecule has 1 aliphatic heterocycles. The molecular formula is C20H23ClFN3O2. The number of hydrogen-bond acceptors (Lipinski definition) is 3. The van der Waals surface area contributed by atoms with Gasteiger partial charge in [-0.3, -0.25) is 5.32 Å². The lowest BCUT2D eigenvalue weighted by atomic mass is 9.56. The van der Waals surface area contributed by atoms with Gasteiger partial charge in [-0.15, -0.1) is 0 Å². The van der Waals surface area contributed by atoms with Gasteiger partial charge in [0.15, 0.2) is 0 Å². The van der Waals surface area contributed by atoms with Crippen LogP contribution >= 0.6 is 11.6 Å². The number of aromatic nitrogens is 1. The second-order valence-corrected chi connectivity index (χ2v) is 8.29. The minimum Gasteiger partial charge on any atom is -0.338 e. The van der Waals surface area contributed by atoms with Crippen molar-refractivity contribution < 1.29 is 13.7 Å². The van der Waals surface area contributed by atoms with Crippen molar-refractivity contribution in [1.82, 2.24) is 10.1 Å². The van der Waals surface area contributed by atoms with E-state index in [1.165, 1.54) is 0 Å². The highest BCUT2D eigenvalue weighted by Gasteiger charge is 2.47. The zero-order chi connectivity index (χ0) is 19.2. The molecular weight excluding hydrogens is 369 g/mol. The van der Waals surface area contributed by atoms with Gasteiger partial charge in [0.25, 0.3) is 0 Å². The number of halogens is 2. The van der Waals surface area contributed by atoms with E-state index in [2.05, 4.69) is 10.5 Å². The van der Waals surface area contributed by atoms with E-state index in [1.54, 1.807) is 6.07 Å². The van der Waals surface area contributed by atoms with Crippen LogP contribution in [0.2, 0.25) is 5.02 Å². The molecule has 1 spiro atoms. The molecule has 1 saturated carbocycles. The van der Waals surface area contributed by atoms with Gasteiger partial charge >= 0.3 is 6.03 Å². The van der Waals surface area contributed by atoms with Gasteiger partial charge in [0.1, 0.15) is 5.82 Å². The lowest BCUT2D eigenvalue weighted by Crippen LogP contribution is -2.49. The Labute approximate surface area is 162 Å². The number of carbonyl (C=O) groups is 1. The summed E-state index contributed by atoms with van der Waals surface area (Å²) in [6.45, 7) is 5.11. The van der Waals surface area contributed by atoms with E-state index in [4.69, 9.17) is 16.1 Å². The number of benzene rings is 1. The van der Waals surface area contributed by atoms with Crippen LogP contribution in [0.3, 0.4) is 0 Å². The molecule has 1 aromatic carbocycles. The van der Waals surface area contributed by atoms with Gasteiger partial charge in [0.05, 0.1) is 10.7 Å². The van der Waals surface area contributed by atoms with Crippen molar-refractivity contribution in [2.45, 2.75) is 45.4 Å². The number of hydrogen-bond donors (Lipinski definition) is 1. The van der Waals surface area contributed by atoms with E-state index in [1.807, 2.05) is 30.9 Å². The van der Waals surface area contributed by atoms with E-state index in [0.717, 1.165) is 42.5 Å². The molecule has 0 radical (unpaired) electrons. The fourth-order valence-electron chi connectivity index (χ4n) is 4.34. The first kappa shape index (κ1) is 18.3. The Hall–Kier alpha value is -2.08. The summed E-state index contributed by atoms with van der Waals surface area (Å²) in [7, 11) is 0. The first-order valence-corrected chi connectivity index (χ1v) is 9.69. The Morgan fingerprint density at radius 2 is 2.04 bits per heavy atom. The Balaban J connectivity index is 1.33. The number of rotatable bonds is 2. The Morgan fingerprint density at radius 3 is 2.67 bits per heavy atom. The van der Waals surface area contributed by atoms with Crippen molar-refractivity contribution >= 4 is 23.5 Å². The highest BCUT2D eigenvalue weighted by atomic mass is 35.5. The van der Waals surface area contributed by atoms with Gasteiger partial charge in [-0.05, 0) is 62.5 Å². The predicted molar refractivity (Wildman–Crippen MR) is 102 cm³/mol. The van der Waals surface area contributed by atoms with E-state index in [0.29, 0.717) is 19.0 Å². The molecule has 144 valence electrons. The maximum atomic E-state index is 14.2. The number of urea groups is 1. The molecule has 4 rings (SSSR count). The van der Waals surface area contributed by atoms with Gasteiger partial charge in [0.2, 0.25) is 5.88 Å². The molecule has 27 heavy (non-hydrogen) atoms. The molecule has 2 aliphatic rings. The molecule has 0 bridgehead atoms. The largest absolute Gasteiger partial charge is 0.338 e. The monoisotopic (exact) mass is 391 g/mol. The fraction of sp³-hybridized carbons (Fsp3) is 0.500. The molecule has 0 unspecified atom stereocenters. The van der Waals surface area contributed by atoms with Crippen LogP contribution in [0.5, 0.6) is 0 Å². The maximum Gasteiger partial charge on any atom is 0.324 e. The molecule has 1 aromatic heterocycles. The normalized spacial score (nSPS) is 19.2. The lowest BCUT2D eigenvalue weighted by molar-refractivity contribution is 0.0280. The van der Waals surface area contributed by atoms with Crippen molar-refractivity contribution in [3.63, 3.8) is 0 Å². The van der Waals surface area contributed by atoms with Crippen LogP contribution in [0.4, 0.5) is 15.1 Å². The molecule has 2 aromatic rings. The Kier molecular flexibility index (Phi) is 4.62. The third kappa shape index (κ3) is 3.31. The average Bonchev–Trinajstić information content (AvgIpc) is 2.94. The maximum absolute atomic E-state index is 14.2. The quantitative estimate of drug-likeness (QED) is 0.758. The van der Waals surface area contributed by atoms with E-state index in [-0.39, 0.29) is 28.2 Å². The average molecular weight is 392 g/mol. The number of anilines is 1. The summed E-state index contributed by atoms with van der Waals surface area (Å²) in [6.07, 6.45) is 3.79. The first-order chi connectivity index (χ1) is 12.9. The summed E-state index contributed by atoms with van der Waals surface area (Å²) in [5.74, 6) is 0.357. The summed E-state index contributed by atoms with van der Waals surface area (Å²) >= 11 is 5.91. The van der Waals surface area contributed by atoms with Crippen molar-refractivity contribution in [3.8, 4) is 0 Å². The number of nitrogens with zero attached hydrogens (tertiary/aromatic N) is 2. The summed E-state index contributed by atoms with van der Waals surface area (Å²) in [5, 5.41) is 6.86. The van der Waals surface area contributed by atoms with Crippen molar-refractivity contribution in [2.24, 2.45) is 5.41 Å². The molecule has 1 saturated heterocycles. The third-order valence-electron chi connectivity index (χ3n) is 6.27. The molecule has 1 aliphatic carbocycles. The summed E-state index contributed by atoms with van der Waals surface area (Å²) < 4.78 is 19.4. The minimum absolute atomic E-state index is 0.152. The van der Waals surface area contributed by atoms with Gasteiger partial charge in [0, 0.05) is 18.7 Å². The molecule has 2 amide bonds. The summed E-state index contributed by atoms with van der Waals surface area (Å²) in [5.41, 5.74) is 2.57. The number of amides is 2. The van der Waals surface area contributed by atoms with Gasteiger partial charge in [-0.1, -0.05) is 28.9 Å². The molecule has 5 nitrogen and oxygen atoms in total. The Morgan fingerprint density at radius 1 is 1.33 bits per heavy atom. The lowest BCUT2D eigenvalue weighted by Gasteiger charge is -2.52. The van der Waals surface area contributed by atoms with E-state index in [9.17, 15) is 9.18 Å². The highest BCUT2D eigenvalue weighted by molar-refractivity contribution is 6.30. The van der Waals surface area contributed by atoms with Crippen LogP contribution in [-0.4, -0.2) is 29.2 Å². The van der Waals surface area contributed by atoms with Crippen LogP contribution in [0.1, 0.15) is 48.4 Å². The predicted octanol–water partition coefficient (Wildman–Crippen LogP) is 5.28. The zero-order valence-corrected chi connectivity index (χ0v) is 16.3. The SMILES string of the molecule is Cc1noc(NC(=O)N2CCC3(CC2)CC(c2cccc(Cl)c2F)C3)c1C. The van der Waals surface area contributed by atoms with Crippen molar-refractivity contribution in [1.29, 1.82) is 0 Å². The van der Waals surface area contributed by atoms with Gasteiger partial charge in [-0.25, -0.2) is 9.18 Å². The van der Waals surface area contributed by atoms with Crippen LogP contribution < -0.4 is 5.32 Å². The molecule has 2 fully saturated rings. The first-order valence-electron chi connectivity index (χ1n) is 9.31. The minimum atomic E-state index is -0.284. The van der Waals surface area contributed by atoms with Crippen LogP contribution in [0.15, 0.2) is 22.7 Å². The zero-order valence-electron chi connectivity index (χ0n) is 15.5. The molecule has 1 N–H and O–H groups in total. The van der Waals surface area contributed by atoms with Crippen molar-refractivity contribution in [2.75, 3.05) is 18.4 Å². The summed E-state index contributed by atoms with van der Waals surface area (Å²) in [4.78, 5) is 14.3.